The Hall–Kier alpha value is -3.19. The summed E-state index contributed by atoms with van der Waals surface area (Å²) in [6.45, 7) is 3.30. The van der Waals surface area contributed by atoms with Crippen molar-refractivity contribution in [3.63, 3.8) is 0 Å². The van der Waals surface area contributed by atoms with Crippen molar-refractivity contribution in [1.82, 2.24) is 9.88 Å². The largest absolute Gasteiger partial charge is 0.507 e. The summed E-state index contributed by atoms with van der Waals surface area (Å²) in [6.07, 6.45) is 4.84. The van der Waals surface area contributed by atoms with Gasteiger partial charge in [0, 0.05) is 37.3 Å². The summed E-state index contributed by atoms with van der Waals surface area (Å²) in [5.41, 5.74) is 2.39. The van der Waals surface area contributed by atoms with Crippen molar-refractivity contribution in [3.05, 3.63) is 65.0 Å². The summed E-state index contributed by atoms with van der Waals surface area (Å²) in [7, 11) is 4.10. The molecule has 1 aromatic heterocycles. The number of benzene rings is 1. The van der Waals surface area contributed by atoms with E-state index in [0.717, 1.165) is 36.3 Å². The molecule has 162 valence electrons. The monoisotopic (exact) mass is 422 g/mol. The van der Waals surface area contributed by atoms with Gasteiger partial charge in [-0.25, -0.2) is 0 Å². The molecule has 0 bridgehead atoms. The molecule has 0 unspecified atom stereocenters. The number of carbonyl (C=O) groups excluding carboxylic acids is 2. The van der Waals surface area contributed by atoms with E-state index in [1.165, 1.54) is 4.90 Å². The molecule has 7 heteroatoms. The first kappa shape index (κ1) is 21.1. The predicted molar refractivity (Wildman–Crippen MR) is 116 cm³/mol. The lowest BCUT2D eigenvalue weighted by molar-refractivity contribution is -0.858. The van der Waals surface area contributed by atoms with E-state index in [-0.39, 0.29) is 17.4 Å². The molecule has 1 amide bonds. The number of carbonyl (C=O) groups is 2. The number of aliphatic hydroxyl groups is 1. The quantitative estimate of drug-likeness (QED) is 0.417. The highest BCUT2D eigenvalue weighted by molar-refractivity contribution is 6.46. The van der Waals surface area contributed by atoms with Gasteiger partial charge in [0.1, 0.15) is 17.6 Å². The summed E-state index contributed by atoms with van der Waals surface area (Å²) in [6, 6.07) is 8.33. The topological polar surface area (TPSA) is 84.2 Å². The van der Waals surface area contributed by atoms with Crippen LogP contribution in [-0.2, 0) is 16.0 Å². The van der Waals surface area contributed by atoms with Gasteiger partial charge in [-0.2, -0.15) is 0 Å². The van der Waals surface area contributed by atoms with Gasteiger partial charge in [0.25, 0.3) is 11.7 Å². The van der Waals surface area contributed by atoms with Gasteiger partial charge in [-0.05, 0) is 48.4 Å². The first-order valence-corrected chi connectivity index (χ1v) is 10.6. The number of hydrogen-bond acceptors (Lipinski definition) is 5. The van der Waals surface area contributed by atoms with Crippen molar-refractivity contribution < 1.29 is 24.3 Å². The van der Waals surface area contributed by atoms with E-state index in [1.54, 1.807) is 35.5 Å². The van der Waals surface area contributed by atoms with Crippen LogP contribution < -0.4 is 9.64 Å². The van der Waals surface area contributed by atoms with Gasteiger partial charge in [0.2, 0.25) is 0 Å². The van der Waals surface area contributed by atoms with E-state index in [0.29, 0.717) is 12.1 Å². The van der Waals surface area contributed by atoms with E-state index in [1.807, 2.05) is 33.2 Å². The van der Waals surface area contributed by atoms with Crippen LogP contribution in [0.15, 0.2) is 48.3 Å². The van der Waals surface area contributed by atoms with E-state index in [2.05, 4.69) is 4.98 Å². The molecule has 1 fully saturated rings. The summed E-state index contributed by atoms with van der Waals surface area (Å²) < 4.78 is 5.74. The fourth-order valence-electron chi connectivity index (χ4n) is 4.33. The molecule has 2 aromatic rings. The van der Waals surface area contributed by atoms with Crippen LogP contribution in [0.1, 0.15) is 36.1 Å². The normalized spacial score (nSPS) is 22.1. The number of quaternary nitrogens is 1. The van der Waals surface area contributed by atoms with E-state index in [4.69, 9.17) is 4.74 Å². The number of fused-ring (bicyclic) bond motifs is 1. The minimum absolute atomic E-state index is 0.0774. The summed E-state index contributed by atoms with van der Waals surface area (Å²) in [4.78, 5) is 32.9. The average molecular weight is 423 g/mol. The van der Waals surface area contributed by atoms with Gasteiger partial charge in [-0.3, -0.25) is 14.6 Å². The van der Waals surface area contributed by atoms with Crippen molar-refractivity contribution in [2.45, 2.75) is 31.9 Å². The number of nitrogens with one attached hydrogen (secondary N) is 1. The SMILES string of the molecule is C[C@@H]1Cc2cc(C(O)=C3C(=O)C(=O)N(CCC[NH+](C)C)[C@H]3c3ccncc3)ccc2O1. The molecule has 0 saturated carbocycles. The minimum atomic E-state index is -0.651. The Morgan fingerprint density at radius 3 is 2.68 bits per heavy atom. The maximum Gasteiger partial charge on any atom is 0.295 e. The molecule has 2 atom stereocenters. The predicted octanol–water partition coefficient (Wildman–Crippen LogP) is 1.36. The van der Waals surface area contributed by atoms with Crippen LogP contribution in [0.25, 0.3) is 5.76 Å². The van der Waals surface area contributed by atoms with Crippen molar-refractivity contribution in [2.75, 3.05) is 27.2 Å². The molecule has 1 saturated heterocycles. The van der Waals surface area contributed by atoms with Crippen LogP contribution >= 0.6 is 0 Å². The molecule has 3 heterocycles. The number of aromatic nitrogens is 1. The van der Waals surface area contributed by atoms with Crippen LogP contribution in [0.5, 0.6) is 5.75 Å². The lowest BCUT2D eigenvalue weighted by Gasteiger charge is -2.25. The molecule has 0 radical (unpaired) electrons. The zero-order valence-electron chi connectivity index (χ0n) is 18.1. The number of pyridine rings is 1. The standard InChI is InChI=1S/C24H27N3O4/c1-15-13-18-14-17(5-6-19(18)31-15)22(28)20-21(16-7-9-25-10-8-16)27(24(30)23(20)29)12-4-11-26(2)3/h5-10,14-15,21,28H,4,11-13H2,1-3H3/p+1/t15-,21+/m1/s1. The highest BCUT2D eigenvalue weighted by Gasteiger charge is 2.45. The second-order valence-electron chi connectivity index (χ2n) is 8.54. The van der Waals surface area contributed by atoms with Gasteiger partial charge in [-0.15, -0.1) is 0 Å². The van der Waals surface area contributed by atoms with Crippen LogP contribution in [0.3, 0.4) is 0 Å². The Morgan fingerprint density at radius 1 is 1.23 bits per heavy atom. The second kappa shape index (κ2) is 8.51. The summed E-state index contributed by atoms with van der Waals surface area (Å²) >= 11 is 0. The number of amides is 1. The number of ether oxygens (including phenoxy) is 1. The lowest BCUT2D eigenvalue weighted by Crippen LogP contribution is -3.05. The molecule has 31 heavy (non-hydrogen) atoms. The third-order valence-corrected chi connectivity index (χ3v) is 5.81. The molecular formula is C24H28N3O4+. The van der Waals surface area contributed by atoms with Crippen molar-refractivity contribution in [1.29, 1.82) is 0 Å². The molecular weight excluding hydrogens is 394 g/mol. The minimum Gasteiger partial charge on any atom is -0.507 e. The number of nitrogens with zero attached hydrogens (tertiary/aromatic N) is 2. The van der Waals surface area contributed by atoms with Crippen molar-refractivity contribution in [3.8, 4) is 5.75 Å². The van der Waals surface area contributed by atoms with Gasteiger partial charge < -0.3 is 19.6 Å². The molecule has 2 aliphatic heterocycles. The molecule has 0 spiro atoms. The highest BCUT2D eigenvalue weighted by atomic mass is 16.5. The zero-order chi connectivity index (χ0) is 22.1. The Balaban J connectivity index is 1.76. The number of hydrogen-bond donors (Lipinski definition) is 2. The van der Waals surface area contributed by atoms with Crippen LogP contribution in [0.2, 0.25) is 0 Å². The number of Topliss-reactive ketones (excluding diaryl/α,β-unsaturated/α-hetero) is 1. The Morgan fingerprint density at radius 2 is 1.97 bits per heavy atom. The Kier molecular flexibility index (Phi) is 5.78. The van der Waals surface area contributed by atoms with Crippen LogP contribution in [0, 0.1) is 0 Å². The molecule has 2 aliphatic rings. The maximum atomic E-state index is 13.0. The number of aliphatic hydroxyl groups excluding tert-OH is 1. The molecule has 2 N–H and O–H groups in total. The zero-order valence-corrected chi connectivity index (χ0v) is 18.1. The summed E-state index contributed by atoms with van der Waals surface area (Å²) in [5, 5.41) is 11.2. The molecule has 4 rings (SSSR count). The number of ketones is 1. The average Bonchev–Trinajstić information content (AvgIpc) is 3.24. The Bertz CT molecular complexity index is 1030. The fourth-order valence-corrected chi connectivity index (χ4v) is 4.33. The number of rotatable bonds is 6. The van der Waals surface area contributed by atoms with E-state index in [9.17, 15) is 14.7 Å². The van der Waals surface area contributed by atoms with E-state index >= 15 is 0 Å². The first-order valence-electron chi connectivity index (χ1n) is 10.6. The van der Waals surface area contributed by atoms with Gasteiger partial charge >= 0.3 is 0 Å². The first-order chi connectivity index (χ1) is 14.9. The smallest absolute Gasteiger partial charge is 0.295 e. The summed E-state index contributed by atoms with van der Waals surface area (Å²) in [5.74, 6) is -0.582. The van der Waals surface area contributed by atoms with Crippen LogP contribution in [-0.4, -0.2) is 60.0 Å². The van der Waals surface area contributed by atoms with Crippen molar-refractivity contribution >= 4 is 17.4 Å². The third-order valence-electron chi connectivity index (χ3n) is 5.81. The number of likely N-dealkylation sites (tertiary alicyclic amines) is 1. The molecule has 1 aromatic carbocycles. The van der Waals surface area contributed by atoms with Gasteiger partial charge in [0.15, 0.2) is 0 Å². The molecule has 0 aliphatic carbocycles. The van der Waals surface area contributed by atoms with Crippen LogP contribution in [0.4, 0.5) is 0 Å². The third kappa shape index (κ3) is 4.05. The fraction of sp³-hybridized carbons (Fsp3) is 0.375. The van der Waals surface area contributed by atoms with Gasteiger partial charge in [0.05, 0.1) is 32.3 Å². The van der Waals surface area contributed by atoms with Crippen molar-refractivity contribution in [2.24, 2.45) is 0 Å². The molecule has 7 nitrogen and oxygen atoms in total. The Labute approximate surface area is 182 Å². The maximum absolute atomic E-state index is 13.0. The van der Waals surface area contributed by atoms with Gasteiger partial charge in [-0.1, -0.05) is 0 Å². The second-order valence-corrected chi connectivity index (χ2v) is 8.54. The van der Waals surface area contributed by atoms with E-state index < -0.39 is 17.7 Å². The highest BCUT2D eigenvalue weighted by Crippen LogP contribution is 2.40. The lowest BCUT2D eigenvalue weighted by atomic mass is 9.95.